The standard InChI is InChI=1S/C17H19N3O/c1-19-11-12-20(17(21)15-7-9-18-10-8-15)16(13-19)14-5-3-2-4-6-14/h2-10,16H,11-13H2,1H3. The zero-order valence-corrected chi connectivity index (χ0v) is 12.1. The van der Waals surface area contributed by atoms with Crippen molar-refractivity contribution in [2.75, 3.05) is 26.7 Å². The second-order valence-corrected chi connectivity index (χ2v) is 5.42. The molecule has 2 heterocycles. The van der Waals surface area contributed by atoms with Crippen molar-refractivity contribution in [2.24, 2.45) is 0 Å². The fourth-order valence-corrected chi connectivity index (χ4v) is 2.78. The summed E-state index contributed by atoms with van der Waals surface area (Å²) in [5.41, 5.74) is 1.89. The van der Waals surface area contributed by atoms with Gasteiger partial charge in [-0.25, -0.2) is 0 Å². The van der Waals surface area contributed by atoms with Gasteiger partial charge in [-0.1, -0.05) is 30.3 Å². The van der Waals surface area contributed by atoms with Crippen molar-refractivity contribution in [1.82, 2.24) is 14.8 Å². The number of piperazine rings is 1. The van der Waals surface area contributed by atoms with Crippen LogP contribution in [0.2, 0.25) is 0 Å². The van der Waals surface area contributed by atoms with E-state index < -0.39 is 0 Å². The van der Waals surface area contributed by atoms with Gasteiger partial charge in [0.2, 0.25) is 0 Å². The van der Waals surface area contributed by atoms with E-state index in [9.17, 15) is 4.79 Å². The molecule has 4 heteroatoms. The molecule has 0 saturated carbocycles. The highest BCUT2D eigenvalue weighted by atomic mass is 16.2. The molecule has 0 spiro atoms. The molecule has 3 rings (SSSR count). The summed E-state index contributed by atoms with van der Waals surface area (Å²) in [5, 5.41) is 0. The zero-order chi connectivity index (χ0) is 14.7. The van der Waals surface area contributed by atoms with Gasteiger partial charge in [-0.05, 0) is 24.7 Å². The molecular weight excluding hydrogens is 262 g/mol. The topological polar surface area (TPSA) is 36.4 Å². The number of benzene rings is 1. The van der Waals surface area contributed by atoms with E-state index in [1.807, 2.05) is 23.1 Å². The maximum absolute atomic E-state index is 12.8. The number of carbonyl (C=O) groups excluding carboxylic acids is 1. The molecule has 1 saturated heterocycles. The van der Waals surface area contributed by atoms with Gasteiger partial charge in [0, 0.05) is 37.6 Å². The Balaban J connectivity index is 1.90. The van der Waals surface area contributed by atoms with Crippen LogP contribution in [-0.4, -0.2) is 47.4 Å². The highest BCUT2D eigenvalue weighted by Crippen LogP contribution is 2.26. The van der Waals surface area contributed by atoms with Gasteiger partial charge < -0.3 is 9.80 Å². The highest BCUT2D eigenvalue weighted by Gasteiger charge is 2.30. The highest BCUT2D eigenvalue weighted by molar-refractivity contribution is 5.94. The van der Waals surface area contributed by atoms with Crippen LogP contribution >= 0.6 is 0 Å². The SMILES string of the molecule is CN1CCN(C(=O)c2ccncc2)C(c2ccccc2)C1. The molecule has 0 radical (unpaired) electrons. The summed E-state index contributed by atoms with van der Waals surface area (Å²) in [6.07, 6.45) is 3.33. The molecule has 1 atom stereocenters. The summed E-state index contributed by atoms with van der Waals surface area (Å²) in [7, 11) is 2.10. The molecule has 108 valence electrons. The van der Waals surface area contributed by atoms with Gasteiger partial charge in [-0.15, -0.1) is 0 Å². The molecule has 1 unspecified atom stereocenters. The van der Waals surface area contributed by atoms with E-state index in [4.69, 9.17) is 0 Å². The summed E-state index contributed by atoms with van der Waals surface area (Å²) in [4.78, 5) is 21.0. The van der Waals surface area contributed by atoms with Crippen LogP contribution < -0.4 is 0 Å². The number of hydrogen-bond acceptors (Lipinski definition) is 3. The summed E-state index contributed by atoms with van der Waals surface area (Å²) in [5.74, 6) is 0.0827. The molecule has 21 heavy (non-hydrogen) atoms. The molecule has 0 aliphatic carbocycles. The van der Waals surface area contributed by atoms with Crippen LogP contribution in [-0.2, 0) is 0 Å². The Bertz CT molecular complexity index is 600. The smallest absolute Gasteiger partial charge is 0.254 e. The van der Waals surface area contributed by atoms with Crippen LogP contribution in [0.25, 0.3) is 0 Å². The van der Waals surface area contributed by atoms with E-state index in [1.54, 1.807) is 24.5 Å². The van der Waals surface area contributed by atoms with Gasteiger partial charge in [0.15, 0.2) is 0 Å². The fourth-order valence-electron chi connectivity index (χ4n) is 2.78. The Labute approximate surface area is 125 Å². The number of likely N-dealkylation sites (N-methyl/N-ethyl adjacent to an activating group) is 1. The second-order valence-electron chi connectivity index (χ2n) is 5.42. The average Bonchev–Trinajstić information content (AvgIpc) is 2.56. The number of aromatic nitrogens is 1. The van der Waals surface area contributed by atoms with Crippen LogP contribution in [0.1, 0.15) is 22.0 Å². The zero-order valence-electron chi connectivity index (χ0n) is 12.1. The molecule has 1 fully saturated rings. The third-order valence-corrected chi connectivity index (χ3v) is 3.96. The third kappa shape index (κ3) is 2.95. The lowest BCUT2D eigenvalue weighted by atomic mass is 10.0. The van der Waals surface area contributed by atoms with E-state index in [-0.39, 0.29) is 11.9 Å². The molecule has 0 bridgehead atoms. The first-order valence-electron chi connectivity index (χ1n) is 7.20. The molecule has 1 aromatic heterocycles. The number of amides is 1. The quantitative estimate of drug-likeness (QED) is 0.847. The van der Waals surface area contributed by atoms with Crippen molar-refractivity contribution in [3.05, 3.63) is 66.0 Å². The van der Waals surface area contributed by atoms with E-state index in [2.05, 4.69) is 29.1 Å². The first-order valence-corrected chi connectivity index (χ1v) is 7.20. The van der Waals surface area contributed by atoms with Crippen molar-refractivity contribution in [1.29, 1.82) is 0 Å². The molecular formula is C17H19N3O. The Hall–Kier alpha value is -2.20. The van der Waals surface area contributed by atoms with E-state index in [1.165, 1.54) is 5.56 Å². The Morgan fingerprint density at radius 2 is 1.81 bits per heavy atom. The summed E-state index contributed by atoms with van der Waals surface area (Å²) >= 11 is 0. The van der Waals surface area contributed by atoms with Crippen molar-refractivity contribution in [3.8, 4) is 0 Å². The summed E-state index contributed by atoms with van der Waals surface area (Å²) < 4.78 is 0. The molecule has 2 aromatic rings. The monoisotopic (exact) mass is 281 g/mol. The van der Waals surface area contributed by atoms with Crippen molar-refractivity contribution in [2.45, 2.75) is 6.04 Å². The van der Waals surface area contributed by atoms with Gasteiger partial charge >= 0.3 is 0 Å². The van der Waals surface area contributed by atoms with E-state index in [0.717, 1.165) is 19.6 Å². The minimum absolute atomic E-state index is 0.0827. The van der Waals surface area contributed by atoms with Gasteiger partial charge in [0.05, 0.1) is 6.04 Å². The maximum Gasteiger partial charge on any atom is 0.254 e. The minimum Gasteiger partial charge on any atom is -0.329 e. The average molecular weight is 281 g/mol. The van der Waals surface area contributed by atoms with Crippen LogP contribution in [0.3, 0.4) is 0 Å². The summed E-state index contributed by atoms with van der Waals surface area (Å²) in [6, 6.07) is 13.9. The predicted molar refractivity (Wildman–Crippen MR) is 82.0 cm³/mol. The number of pyridine rings is 1. The number of nitrogens with zero attached hydrogens (tertiary/aromatic N) is 3. The van der Waals surface area contributed by atoms with Crippen molar-refractivity contribution >= 4 is 5.91 Å². The van der Waals surface area contributed by atoms with Crippen molar-refractivity contribution < 1.29 is 4.79 Å². The van der Waals surface area contributed by atoms with Gasteiger partial charge in [0.1, 0.15) is 0 Å². The molecule has 1 amide bonds. The van der Waals surface area contributed by atoms with Crippen molar-refractivity contribution in [3.63, 3.8) is 0 Å². The van der Waals surface area contributed by atoms with Gasteiger partial charge in [-0.3, -0.25) is 9.78 Å². The molecule has 1 aromatic carbocycles. The first-order chi connectivity index (χ1) is 10.3. The Morgan fingerprint density at radius 1 is 1.10 bits per heavy atom. The van der Waals surface area contributed by atoms with E-state index >= 15 is 0 Å². The predicted octanol–water partition coefficient (Wildman–Crippen LogP) is 2.21. The molecule has 0 N–H and O–H groups in total. The fraction of sp³-hybridized carbons (Fsp3) is 0.294. The third-order valence-electron chi connectivity index (χ3n) is 3.96. The largest absolute Gasteiger partial charge is 0.329 e. The minimum atomic E-state index is 0.0827. The lowest BCUT2D eigenvalue weighted by Crippen LogP contribution is -2.49. The van der Waals surface area contributed by atoms with Crippen LogP contribution in [0, 0.1) is 0 Å². The van der Waals surface area contributed by atoms with Gasteiger partial charge in [-0.2, -0.15) is 0 Å². The number of hydrogen-bond donors (Lipinski definition) is 0. The lowest BCUT2D eigenvalue weighted by molar-refractivity contribution is 0.0498. The molecule has 1 aliphatic rings. The number of carbonyl (C=O) groups is 1. The number of rotatable bonds is 2. The molecule has 1 aliphatic heterocycles. The normalized spacial score (nSPS) is 19.5. The lowest BCUT2D eigenvalue weighted by Gasteiger charge is -2.40. The second kappa shape index (κ2) is 6.06. The first kappa shape index (κ1) is 13.8. The Morgan fingerprint density at radius 3 is 2.52 bits per heavy atom. The summed E-state index contributed by atoms with van der Waals surface area (Å²) in [6.45, 7) is 2.51. The maximum atomic E-state index is 12.8. The molecule has 4 nitrogen and oxygen atoms in total. The Kier molecular flexibility index (Phi) is 3.97. The van der Waals surface area contributed by atoms with Crippen LogP contribution in [0.5, 0.6) is 0 Å². The van der Waals surface area contributed by atoms with Gasteiger partial charge in [0.25, 0.3) is 5.91 Å². The van der Waals surface area contributed by atoms with Crippen LogP contribution in [0.15, 0.2) is 54.9 Å². The van der Waals surface area contributed by atoms with Crippen LogP contribution in [0.4, 0.5) is 0 Å². The van der Waals surface area contributed by atoms with E-state index in [0.29, 0.717) is 5.56 Å².